The number of imide groups is 1. The summed E-state index contributed by atoms with van der Waals surface area (Å²) in [4.78, 5) is 39.9. The van der Waals surface area contributed by atoms with E-state index in [0.717, 1.165) is 15.4 Å². The molecule has 2 aliphatic heterocycles. The highest BCUT2D eigenvalue weighted by Gasteiger charge is 2.39. The van der Waals surface area contributed by atoms with Crippen LogP contribution in [0.4, 0.5) is 0 Å². The molecule has 2 aromatic rings. The summed E-state index contributed by atoms with van der Waals surface area (Å²) in [6.45, 7) is 0.365. The van der Waals surface area contributed by atoms with Crippen molar-refractivity contribution in [3.05, 3.63) is 58.6 Å². The first-order valence-corrected chi connectivity index (χ1v) is 9.42. The fraction of sp³-hybridized carbons (Fsp3) is 0.211. The minimum atomic E-state index is -0.600. The molecule has 1 fully saturated rings. The molecule has 1 unspecified atom stereocenters. The van der Waals surface area contributed by atoms with Gasteiger partial charge >= 0.3 is 0 Å². The van der Waals surface area contributed by atoms with Gasteiger partial charge in [0.25, 0.3) is 5.91 Å². The normalized spacial score (nSPS) is 19.5. The van der Waals surface area contributed by atoms with E-state index in [1.807, 2.05) is 36.4 Å². The molecule has 2 aromatic carbocycles. The van der Waals surface area contributed by atoms with Gasteiger partial charge in [0.1, 0.15) is 6.04 Å². The van der Waals surface area contributed by atoms with Crippen molar-refractivity contribution in [2.75, 3.05) is 0 Å². The van der Waals surface area contributed by atoms with Crippen LogP contribution in [0, 0.1) is 0 Å². The molecule has 2 heterocycles. The van der Waals surface area contributed by atoms with Crippen LogP contribution in [0.1, 0.15) is 28.8 Å². The van der Waals surface area contributed by atoms with Gasteiger partial charge in [-0.2, -0.15) is 0 Å². The van der Waals surface area contributed by atoms with Gasteiger partial charge in [0, 0.05) is 33.3 Å². The van der Waals surface area contributed by atoms with E-state index in [9.17, 15) is 14.4 Å². The molecule has 4 rings (SSSR count). The van der Waals surface area contributed by atoms with E-state index < -0.39 is 11.9 Å². The number of hydrogen-bond donors (Lipinski definition) is 1. The lowest BCUT2D eigenvalue weighted by atomic mass is 10.0. The maximum atomic E-state index is 12.8. The van der Waals surface area contributed by atoms with Crippen molar-refractivity contribution < 1.29 is 14.4 Å². The third-order valence-corrected chi connectivity index (χ3v) is 5.89. The molecule has 26 heavy (non-hydrogen) atoms. The second-order valence-electron chi connectivity index (χ2n) is 6.24. The van der Waals surface area contributed by atoms with E-state index in [1.54, 1.807) is 22.7 Å². The van der Waals surface area contributed by atoms with Gasteiger partial charge in [0.15, 0.2) is 0 Å². The first kappa shape index (κ1) is 17.1. The predicted octanol–water partition coefficient (Wildman–Crippen LogP) is 3.25. The average Bonchev–Trinajstić information content (AvgIpc) is 2.93. The summed E-state index contributed by atoms with van der Waals surface area (Å²) < 4.78 is 0. The SMILES string of the molecule is O=C1CCC(N2Cc3c(Sc4cccc(Cl)c4)cccc3C2=O)C(=O)N1. The van der Waals surface area contributed by atoms with Crippen LogP contribution in [0.2, 0.25) is 5.02 Å². The van der Waals surface area contributed by atoms with E-state index in [-0.39, 0.29) is 18.2 Å². The van der Waals surface area contributed by atoms with Crippen molar-refractivity contribution in [2.24, 2.45) is 0 Å². The Morgan fingerprint density at radius 2 is 1.92 bits per heavy atom. The van der Waals surface area contributed by atoms with Crippen molar-refractivity contribution in [3.8, 4) is 0 Å². The lowest BCUT2D eigenvalue weighted by molar-refractivity contribution is -0.136. The molecule has 2 aliphatic rings. The molecule has 0 aliphatic carbocycles. The topological polar surface area (TPSA) is 66.5 Å². The number of nitrogens with zero attached hydrogens (tertiary/aromatic N) is 1. The molecule has 0 aromatic heterocycles. The maximum absolute atomic E-state index is 12.8. The van der Waals surface area contributed by atoms with Gasteiger partial charge in [-0.1, -0.05) is 35.5 Å². The molecule has 0 saturated carbocycles. The second-order valence-corrected chi connectivity index (χ2v) is 7.79. The predicted molar refractivity (Wildman–Crippen MR) is 98.1 cm³/mol. The van der Waals surface area contributed by atoms with Crippen molar-refractivity contribution in [3.63, 3.8) is 0 Å². The summed E-state index contributed by atoms with van der Waals surface area (Å²) in [6.07, 6.45) is 0.613. The van der Waals surface area contributed by atoms with Gasteiger partial charge in [-0.3, -0.25) is 19.7 Å². The maximum Gasteiger partial charge on any atom is 0.255 e. The Kier molecular flexibility index (Phi) is 4.46. The van der Waals surface area contributed by atoms with Crippen LogP contribution in [0.5, 0.6) is 0 Å². The van der Waals surface area contributed by atoms with E-state index >= 15 is 0 Å². The molecule has 0 radical (unpaired) electrons. The Balaban J connectivity index is 1.62. The number of hydrogen-bond acceptors (Lipinski definition) is 4. The molecule has 7 heteroatoms. The van der Waals surface area contributed by atoms with Gasteiger partial charge in [-0.15, -0.1) is 0 Å². The second kappa shape index (κ2) is 6.78. The summed E-state index contributed by atoms with van der Waals surface area (Å²) in [6, 6.07) is 12.5. The molecule has 1 saturated heterocycles. The van der Waals surface area contributed by atoms with Crippen molar-refractivity contribution in [2.45, 2.75) is 35.2 Å². The van der Waals surface area contributed by atoms with Crippen LogP contribution in [0.3, 0.4) is 0 Å². The van der Waals surface area contributed by atoms with E-state index in [0.29, 0.717) is 23.6 Å². The average molecular weight is 387 g/mol. The fourth-order valence-corrected chi connectivity index (χ4v) is 4.60. The molecule has 1 N–H and O–H groups in total. The van der Waals surface area contributed by atoms with Crippen molar-refractivity contribution in [1.29, 1.82) is 0 Å². The van der Waals surface area contributed by atoms with Crippen LogP contribution in [0.25, 0.3) is 0 Å². The number of carbonyl (C=O) groups excluding carboxylic acids is 3. The third kappa shape index (κ3) is 3.10. The fourth-order valence-electron chi connectivity index (χ4n) is 3.31. The number of nitrogens with one attached hydrogen (secondary N) is 1. The lowest BCUT2D eigenvalue weighted by Gasteiger charge is -2.29. The summed E-state index contributed by atoms with van der Waals surface area (Å²) in [5, 5.41) is 2.98. The Labute approximate surface area is 159 Å². The van der Waals surface area contributed by atoms with Crippen LogP contribution < -0.4 is 5.32 Å². The van der Waals surface area contributed by atoms with Crippen LogP contribution >= 0.6 is 23.4 Å². The quantitative estimate of drug-likeness (QED) is 0.822. The number of benzene rings is 2. The van der Waals surface area contributed by atoms with Crippen molar-refractivity contribution >= 4 is 41.1 Å². The van der Waals surface area contributed by atoms with Gasteiger partial charge < -0.3 is 4.90 Å². The Morgan fingerprint density at radius 3 is 2.69 bits per heavy atom. The standard InChI is InChI=1S/C19H15ClN2O3S/c20-11-3-1-4-12(9-11)26-16-6-2-5-13-14(16)10-22(19(13)25)15-7-8-17(23)21-18(15)24/h1-6,9,15H,7-8,10H2,(H,21,23,24). The number of fused-ring (bicyclic) bond motifs is 1. The molecular weight excluding hydrogens is 372 g/mol. The first-order chi connectivity index (χ1) is 12.5. The molecule has 5 nitrogen and oxygen atoms in total. The zero-order valence-electron chi connectivity index (χ0n) is 13.7. The number of piperidine rings is 1. The zero-order chi connectivity index (χ0) is 18.3. The molecular formula is C19H15ClN2O3S. The largest absolute Gasteiger partial charge is 0.322 e. The molecule has 0 spiro atoms. The first-order valence-electron chi connectivity index (χ1n) is 8.23. The Morgan fingerprint density at radius 1 is 1.12 bits per heavy atom. The third-order valence-electron chi connectivity index (χ3n) is 4.56. The van der Waals surface area contributed by atoms with Gasteiger partial charge in [0.05, 0.1) is 0 Å². The molecule has 132 valence electrons. The smallest absolute Gasteiger partial charge is 0.255 e. The van der Waals surface area contributed by atoms with Crippen LogP contribution in [0.15, 0.2) is 52.3 Å². The minimum absolute atomic E-state index is 0.164. The summed E-state index contributed by atoms with van der Waals surface area (Å²) in [5.41, 5.74) is 1.52. The van der Waals surface area contributed by atoms with E-state index in [1.165, 1.54) is 0 Å². The summed E-state index contributed by atoms with van der Waals surface area (Å²) >= 11 is 7.60. The Hall–Kier alpha value is -2.31. The van der Waals surface area contributed by atoms with Crippen molar-refractivity contribution in [1.82, 2.24) is 10.2 Å². The molecule has 1 atom stereocenters. The zero-order valence-corrected chi connectivity index (χ0v) is 15.3. The van der Waals surface area contributed by atoms with Gasteiger partial charge in [-0.25, -0.2) is 0 Å². The lowest BCUT2D eigenvalue weighted by Crippen LogP contribution is -2.52. The number of halogens is 1. The number of amides is 3. The monoisotopic (exact) mass is 386 g/mol. The highest BCUT2D eigenvalue weighted by molar-refractivity contribution is 7.99. The minimum Gasteiger partial charge on any atom is -0.322 e. The molecule has 3 amide bonds. The highest BCUT2D eigenvalue weighted by atomic mass is 35.5. The van der Waals surface area contributed by atoms with E-state index in [2.05, 4.69) is 5.32 Å². The van der Waals surface area contributed by atoms with Gasteiger partial charge in [0.2, 0.25) is 11.8 Å². The van der Waals surface area contributed by atoms with Crippen LogP contribution in [-0.2, 0) is 16.1 Å². The Bertz CT molecular complexity index is 931. The summed E-state index contributed by atoms with van der Waals surface area (Å²) in [5.74, 6) is -0.845. The molecule has 0 bridgehead atoms. The summed E-state index contributed by atoms with van der Waals surface area (Å²) in [7, 11) is 0. The number of carbonyl (C=O) groups is 3. The van der Waals surface area contributed by atoms with Gasteiger partial charge in [-0.05, 0) is 42.3 Å². The van der Waals surface area contributed by atoms with Crippen LogP contribution in [-0.4, -0.2) is 28.7 Å². The number of rotatable bonds is 3. The van der Waals surface area contributed by atoms with E-state index in [4.69, 9.17) is 11.6 Å². The highest BCUT2D eigenvalue weighted by Crippen LogP contribution is 2.38.